The molecule has 22 heavy (non-hydrogen) atoms. The number of nitriles is 1. The molecule has 0 bridgehead atoms. The number of carbonyl (C=O) groups excluding carboxylic acids is 1. The van der Waals surface area contributed by atoms with E-state index < -0.39 is 0 Å². The number of carbonyl (C=O) groups is 1. The van der Waals surface area contributed by atoms with Gasteiger partial charge in [0.15, 0.2) is 0 Å². The monoisotopic (exact) mass is 297 g/mol. The van der Waals surface area contributed by atoms with Crippen molar-refractivity contribution >= 4 is 11.9 Å². The molecule has 0 saturated heterocycles. The lowest BCUT2D eigenvalue weighted by Gasteiger charge is -2.07. The van der Waals surface area contributed by atoms with Crippen molar-refractivity contribution in [3.8, 4) is 17.6 Å². The highest BCUT2D eigenvalue weighted by Crippen LogP contribution is 2.27. The van der Waals surface area contributed by atoms with Crippen LogP contribution in [0.25, 0.3) is 6.08 Å². The molecule has 2 aromatic rings. The van der Waals surface area contributed by atoms with Crippen molar-refractivity contribution in [3.05, 3.63) is 53.0 Å². The van der Waals surface area contributed by atoms with Crippen molar-refractivity contribution in [3.63, 3.8) is 0 Å². The van der Waals surface area contributed by atoms with Crippen LogP contribution in [0, 0.1) is 18.3 Å². The summed E-state index contributed by atoms with van der Waals surface area (Å²) in [6, 6.07) is 8.63. The molecule has 0 amide bonds. The second kappa shape index (κ2) is 6.64. The van der Waals surface area contributed by atoms with Gasteiger partial charge in [0.1, 0.15) is 28.9 Å². The van der Waals surface area contributed by atoms with Crippen LogP contribution >= 0.6 is 0 Å². The van der Waals surface area contributed by atoms with Gasteiger partial charge in [-0.3, -0.25) is 4.79 Å². The fourth-order valence-corrected chi connectivity index (χ4v) is 2.01. The summed E-state index contributed by atoms with van der Waals surface area (Å²) in [5, 5.41) is 9.28. The van der Waals surface area contributed by atoms with Crippen LogP contribution in [-0.4, -0.2) is 20.0 Å². The van der Waals surface area contributed by atoms with Crippen LogP contribution in [0.3, 0.4) is 0 Å². The van der Waals surface area contributed by atoms with Gasteiger partial charge in [-0.1, -0.05) is 0 Å². The molecule has 0 saturated carbocycles. The summed E-state index contributed by atoms with van der Waals surface area (Å²) in [7, 11) is 3.07. The zero-order valence-electron chi connectivity index (χ0n) is 12.5. The quantitative estimate of drug-likeness (QED) is 0.480. The van der Waals surface area contributed by atoms with Gasteiger partial charge in [-0.2, -0.15) is 5.26 Å². The lowest BCUT2D eigenvalue weighted by Crippen LogP contribution is -2.02. The first-order valence-corrected chi connectivity index (χ1v) is 6.53. The molecule has 0 aliphatic rings. The van der Waals surface area contributed by atoms with Crippen LogP contribution in [0.4, 0.5) is 0 Å². The number of benzene rings is 1. The normalized spacial score (nSPS) is 10.9. The number of allylic oxidation sites excluding steroid dienone is 1. The fraction of sp³-hybridized carbons (Fsp3) is 0.176. The molecule has 0 fully saturated rings. The number of hydrogen-bond acceptors (Lipinski definition) is 5. The molecule has 5 heteroatoms. The van der Waals surface area contributed by atoms with Crippen LogP contribution in [0.2, 0.25) is 0 Å². The van der Waals surface area contributed by atoms with Crippen LogP contribution in [0.15, 0.2) is 40.5 Å². The summed E-state index contributed by atoms with van der Waals surface area (Å²) in [6.07, 6.45) is 2.92. The molecule has 1 aromatic carbocycles. The second-order valence-electron chi connectivity index (χ2n) is 4.50. The minimum atomic E-state index is -0.383. The number of hydrogen-bond donors (Lipinski definition) is 0. The summed E-state index contributed by atoms with van der Waals surface area (Å²) in [6.45, 7) is 1.68. The van der Waals surface area contributed by atoms with Gasteiger partial charge in [0, 0.05) is 11.6 Å². The molecule has 2 rings (SSSR count). The number of rotatable bonds is 5. The first-order valence-electron chi connectivity index (χ1n) is 6.53. The minimum Gasteiger partial charge on any atom is -0.497 e. The van der Waals surface area contributed by atoms with Crippen molar-refractivity contribution < 1.29 is 18.7 Å². The van der Waals surface area contributed by atoms with Crippen LogP contribution in [0.1, 0.15) is 21.7 Å². The molecule has 5 nitrogen and oxygen atoms in total. The average molecular weight is 297 g/mol. The first kappa shape index (κ1) is 15.4. The summed E-state index contributed by atoms with van der Waals surface area (Å²) in [5.41, 5.74) is 1.00. The van der Waals surface area contributed by atoms with E-state index in [1.54, 1.807) is 38.3 Å². The van der Waals surface area contributed by atoms with Gasteiger partial charge < -0.3 is 13.9 Å². The number of ether oxygens (including phenoxy) is 2. The molecule has 1 heterocycles. The smallest absolute Gasteiger partial charge is 0.207 e. The van der Waals surface area contributed by atoms with Gasteiger partial charge >= 0.3 is 0 Å². The van der Waals surface area contributed by atoms with E-state index >= 15 is 0 Å². The maximum Gasteiger partial charge on any atom is 0.207 e. The Labute approximate surface area is 128 Å². The molecular weight excluding hydrogens is 282 g/mol. The van der Waals surface area contributed by atoms with Crippen molar-refractivity contribution in [1.82, 2.24) is 0 Å². The van der Waals surface area contributed by atoms with E-state index in [-0.39, 0.29) is 11.4 Å². The Hall–Kier alpha value is -3.00. The Morgan fingerprint density at radius 3 is 2.59 bits per heavy atom. The Kier molecular flexibility index (Phi) is 4.64. The number of ketones is 1. The van der Waals surface area contributed by atoms with Crippen molar-refractivity contribution in [2.45, 2.75) is 6.92 Å². The van der Waals surface area contributed by atoms with Gasteiger partial charge in [0.25, 0.3) is 0 Å². The highest BCUT2D eigenvalue weighted by atomic mass is 16.5. The molecule has 0 N–H and O–H groups in total. The highest BCUT2D eigenvalue weighted by Gasteiger charge is 2.17. The van der Waals surface area contributed by atoms with Crippen molar-refractivity contribution in [2.24, 2.45) is 0 Å². The standard InChI is InChI=1S/C17H15NO4/c1-11-15(6-7-22-11)17(19)13(10-18)8-12-4-5-14(20-2)9-16(12)21-3/h4-9H,1-3H3/b13-8-. The topological polar surface area (TPSA) is 72.5 Å². The summed E-state index contributed by atoms with van der Waals surface area (Å²) in [4.78, 5) is 12.4. The predicted molar refractivity (Wildman–Crippen MR) is 80.9 cm³/mol. The van der Waals surface area contributed by atoms with Gasteiger partial charge in [-0.05, 0) is 31.2 Å². The third-order valence-corrected chi connectivity index (χ3v) is 3.21. The van der Waals surface area contributed by atoms with Crippen molar-refractivity contribution in [2.75, 3.05) is 14.2 Å². The van der Waals surface area contributed by atoms with E-state index in [0.717, 1.165) is 0 Å². The maximum atomic E-state index is 12.4. The first-order chi connectivity index (χ1) is 10.6. The maximum absolute atomic E-state index is 12.4. The molecule has 1 aromatic heterocycles. The summed E-state index contributed by atoms with van der Waals surface area (Å²) < 4.78 is 15.5. The highest BCUT2D eigenvalue weighted by molar-refractivity contribution is 6.14. The number of methoxy groups -OCH3 is 2. The average Bonchev–Trinajstić information content (AvgIpc) is 2.97. The van der Waals surface area contributed by atoms with E-state index in [0.29, 0.717) is 28.4 Å². The van der Waals surface area contributed by atoms with E-state index in [4.69, 9.17) is 13.9 Å². The van der Waals surface area contributed by atoms with Crippen LogP contribution < -0.4 is 9.47 Å². The molecule has 0 spiro atoms. The Balaban J connectivity index is 2.44. The Morgan fingerprint density at radius 1 is 1.27 bits per heavy atom. The molecule has 0 radical (unpaired) electrons. The third-order valence-electron chi connectivity index (χ3n) is 3.21. The molecule has 0 atom stereocenters. The SMILES string of the molecule is COc1ccc(/C=C(/C#N)C(=O)c2ccoc2C)c(OC)c1. The van der Waals surface area contributed by atoms with Crippen LogP contribution in [0.5, 0.6) is 11.5 Å². The van der Waals surface area contributed by atoms with Gasteiger partial charge in [-0.15, -0.1) is 0 Å². The summed E-state index contributed by atoms with van der Waals surface area (Å²) in [5.74, 6) is 1.24. The lowest BCUT2D eigenvalue weighted by atomic mass is 10.0. The predicted octanol–water partition coefficient (Wildman–Crippen LogP) is 3.40. The number of nitrogens with zero attached hydrogens (tertiary/aromatic N) is 1. The van der Waals surface area contributed by atoms with E-state index in [1.807, 2.05) is 6.07 Å². The lowest BCUT2D eigenvalue weighted by molar-refractivity contribution is 0.103. The largest absolute Gasteiger partial charge is 0.497 e. The third kappa shape index (κ3) is 3.01. The molecule has 0 aliphatic heterocycles. The molecular formula is C17H15NO4. The van der Waals surface area contributed by atoms with Crippen molar-refractivity contribution in [1.29, 1.82) is 5.26 Å². The van der Waals surface area contributed by atoms with Gasteiger partial charge in [0.2, 0.25) is 5.78 Å². The fourth-order valence-electron chi connectivity index (χ4n) is 2.01. The molecule has 0 unspecified atom stereocenters. The summed E-state index contributed by atoms with van der Waals surface area (Å²) >= 11 is 0. The number of aryl methyl sites for hydroxylation is 1. The van der Waals surface area contributed by atoms with Gasteiger partial charge in [-0.25, -0.2) is 0 Å². The molecule has 112 valence electrons. The van der Waals surface area contributed by atoms with E-state index in [2.05, 4.69) is 0 Å². The van der Waals surface area contributed by atoms with Gasteiger partial charge in [0.05, 0.1) is 26.0 Å². The zero-order valence-corrected chi connectivity index (χ0v) is 12.5. The molecule has 0 aliphatic carbocycles. The van der Waals surface area contributed by atoms with E-state index in [9.17, 15) is 10.1 Å². The number of Topliss-reactive ketones (excluding diaryl/α,β-unsaturated/α-hetero) is 1. The Morgan fingerprint density at radius 2 is 2.05 bits per heavy atom. The minimum absolute atomic E-state index is 0.00738. The second-order valence-corrected chi connectivity index (χ2v) is 4.50. The van der Waals surface area contributed by atoms with E-state index in [1.165, 1.54) is 19.4 Å². The zero-order chi connectivity index (χ0) is 16.1. The van der Waals surface area contributed by atoms with Crippen LogP contribution in [-0.2, 0) is 0 Å². The Bertz CT molecular complexity index is 765. The number of furan rings is 1.